The van der Waals surface area contributed by atoms with E-state index in [1.54, 1.807) is 12.3 Å². The first-order chi connectivity index (χ1) is 11.1. The van der Waals surface area contributed by atoms with Crippen molar-refractivity contribution in [2.24, 2.45) is 5.41 Å². The zero-order valence-electron chi connectivity index (χ0n) is 14.3. The fraction of sp³-hybridized carbons (Fsp3) is 0.333. The molecular formula is C18H21ClF2IrN2. The quantitative estimate of drug-likeness (QED) is 0.488. The van der Waals surface area contributed by atoms with Gasteiger partial charge < -0.3 is 16.8 Å². The molecular weight excluding hydrogens is 510 g/mol. The summed E-state index contributed by atoms with van der Waals surface area (Å²) >= 11 is 1.47. The molecule has 0 saturated heterocycles. The van der Waals surface area contributed by atoms with Gasteiger partial charge in [-0.1, -0.05) is 38.5 Å². The van der Waals surface area contributed by atoms with Gasteiger partial charge in [-0.3, -0.25) is 8.78 Å². The number of benzene rings is 1. The van der Waals surface area contributed by atoms with Gasteiger partial charge in [0.05, 0.1) is 0 Å². The number of rotatable bonds is 2. The molecule has 0 aliphatic carbocycles. The second-order valence-electron chi connectivity index (χ2n) is 6.20. The minimum atomic E-state index is -0.659. The van der Waals surface area contributed by atoms with Crippen LogP contribution < -0.4 is 4.90 Å². The monoisotopic (exact) mass is 531 g/mol. The van der Waals surface area contributed by atoms with E-state index in [-0.39, 0.29) is 11.0 Å². The van der Waals surface area contributed by atoms with Crippen molar-refractivity contribution >= 4 is 15.3 Å². The van der Waals surface area contributed by atoms with Gasteiger partial charge in [0, 0.05) is 37.6 Å². The van der Waals surface area contributed by atoms with Crippen molar-refractivity contribution in [3.8, 4) is 11.3 Å². The molecule has 0 aliphatic heterocycles. The molecule has 2 aromatic rings. The summed E-state index contributed by atoms with van der Waals surface area (Å²) in [6, 6.07) is 8.02. The van der Waals surface area contributed by atoms with E-state index in [1.165, 1.54) is 17.9 Å². The summed E-state index contributed by atoms with van der Waals surface area (Å²) in [6.45, 7) is 11.2. The Kier molecular flexibility index (Phi) is 10.3. The number of aromatic nitrogens is 1. The standard InChI is InChI=1S/C13H11F2N2.C5H10.ClH.Ir/c1-17(2)10-5-6-16-13(8-10)11-4-3-9(14)7-12(11)15;1-5(2,3)4;;/h3,5-8H,1-2H3;1H,2-4H3;1H;/q2*-1;;+3/p-1. The van der Waals surface area contributed by atoms with Gasteiger partial charge >= 0.3 is 27.5 Å². The first-order valence-corrected chi connectivity index (χ1v) is 9.96. The predicted octanol–water partition coefficient (Wildman–Crippen LogP) is 5.32. The summed E-state index contributed by atoms with van der Waals surface area (Å²) in [7, 11) is 8.40. The molecule has 133 valence electrons. The second kappa shape index (κ2) is 10.8. The molecule has 1 radical (unpaired) electrons. The molecule has 0 saturated carbocycles. The Morgan fingerprint density at radius 3 is 2.21 bits per heavy atom. The van der Waals surface area contributed by atoms with Crippen LogP contribution in [0.15, 0.2) is 30.5 Å². The zero-order chi connectivity index (χ0) is 18.9. The maximum atomic E-state index is 13.5. The molecule has 1 aromatic heterocycles. The van der Waals surface area contributed by atoms with Crippen molar-refractivity contribution < 1.29 is 26.7 Å². The number of halogens is 3. The molecule has 0 aliphatic rings. The second-order valence-corrected chi connectivity index (χ2v) is 6.20. The molecule has 2 rings (SSSR count). The van der Waals surface area contributed by atoms with E-state index in [2.05, 4.69) is 20.6 Å². The van der Waals surface area contributed by atoms with Gasteiger partial charge in [0.15, 0.2) is 0 Å². The molecule has 6 heteroatoms. The fourth-order valence-electron chi connectivity index (χ4n) is 1.48. The van der Waals surface area contributed by atoms with Crippen LogP contribution in [0.4, 0.5) is 14.5 Å². The number of hydrogen-bond donors (Lipinski definition) is 0. The maximum absolute atomic E-state index is 13.5. The van der Waals surface area contributed by atoms with Gasteiger partial charge in [0.2, 0.25) is 0 Å². The summed E-state index contributed by atoms with van der Waals surface area (Å²) in [6.07, 6.45) is 1.58. The Balaban J connectivity index is 0.000000650. The van der Waals surface area contributed by atoms with Crippen LogP contribution in [0.1, 0.15) is 20.8 Å². The van der Waals surface area contributed by atoms with Crippen molar-refractivity contribution in [3.63, 3.8) is 0 Å². The first-order valence-electron chi connectivity index (χ1n) is 7.00. The average Bonchev–Trinajstić information content (AvgIpc) is 2.47. The van der Waals surface area contributed by atoms with Crippen LogP contribution >= 0.6 is 9.58 Å². The molecule has 1 aromatic carbocycles. The average molecular weight is 531 g/mol. The van der Waals surface area contributed by atoms with Crippen LogP contribution in [0.3, 0.4) is 0 Å². The molecule has 0 N–H and O–H groups in total. The molecule has 0 amide bonds. The third-order valence-electron chi connectivity index (χ3n) is 2.37. The summed E-state index contributed by atoms with van der Waals surface area (Å²) in [5.41, 5.74) is 1.51. The molecule has 1 heterocycles. The Labute approximate surface area is 158 Å². The van der Waals surface area contributed by atoms with Gasteiger partial charge in [-0.05, 0) is 11.8 Å². The topological polar surface area (TPSA) is 16.1 Å². The summed E-state index contributed by atoms with van der Waals surface area (Å²) < 4.78 is 26.3. The summed E-state index contributed by atoms with van der Waals surface area (Å²) in [4.78, 5) is 5.94. The molecule has 2 nitrogen and oxygen atoms in total. The number of anilines is 1. The van der Waals surface area contributed by atoms with Crippen LogP contribution in [0, 0.1) is 30.0 Å². The molecule has 0 spiro atoms. The summed E-state index contributed by atoms with van der Waals surface area (Å²) in [5.74, 6) is -1.30. The van der Waals surface area contributed by atoms with E-state index in [9.17, 15) is 8.78 Å². The number of pyridine rings is 1. The number of hydrogen-bond acceptors (Lipinski definition) is 2. The van der Waals surface area contributed by atoms with Gasteiger partial charge in [-0.15, -0.1) is 12.1 Å². The van der Waals surface area contributed by atoms with E-state index >= 15 is 0 Å². The van der Waals surface area contributed by atoms with Crippen LogP contribution in [-0.2, 0) is 17.9 Å². The molecule has 0 bridgehead atoms. The first kappa shape index (κ1) is 23.0. The molecule has 0 fully saturated rings. The summed E-state index contributed by atoms with van der Waals surface area (Å²) in [5, 5.41) is 0. The normalized spacial score (nSPS) is 10.1. The Hall–Kier alpha value is -1.03. The van der Waals surface area contributed by atoms with Crippen molar-refractivity contribution in [1.29, 1.82) is 0 Å². The number of nitrogens with zero attached hydrogens (tertiary/aromatic N) is 2. The Morgan fingerprint density at radius 1 is 1.21 bits per heavy atom. The van der Waals surface area contributed by atoms with Crippen LogP contribution in [0.25, 0.3) is 11.3 Å². The zero-order valence-corrected chi connectivity index (χ0v) is 17.5. The van der Waals surface area contributed by atoms with E-state index in [0.29, 0.717) is 5.69 Å². The third-order valence-corrected chi connectivity index (χ3v) is 2.37. The van der Waals surface area contributed by atoms with Gasteiger partial charge in [-0.25, -0.2) is 0 Å². The third kappa shape index (κ3) is 9.31. The van der Waals surface area contributed by atoms with E-state index in [0.717, 1.165) is 17.8 Å². The van der Waals surface area contributed by atoms with Crippen LogP contribution in [0.2, 0.25) is 0 Å². The van der Waals surface area contributed by atoms with Crippen molar-refractivity contribution in [1.82, 2.24) is 4.98 Å². The van der Waals surface area contributed by atoms with Gasteiger partial charge in [0.25, 0.3) is 0 Å². The van der Waals surface area contributed by atoms with Gasteiger partial charge in [0.1, 0.15) is 0 Å². The molecule has 24 heavy (non-hydrogen) atoms. The molecule has 0 unspecified atom stereocenters. The Bertz CT molecular complexity index is 623. The van der Waals surface area contributed by atoms with Crippen molar-refractivity contribution in [2.45, 2.75) is 20.8 Å². The van der Waals surface area contributed by atoms with Crippen LogP contribution in [0.5, 0.6) is 0 Å². The minimum absolute atomic E-state index is 0. The van der Waals surface area contributed by atoms with E-state index in [4.69, 9.17) is 6.92 Å². The van der Waals surface area contributed by atoms with Gasteiger partial charge in [-0.2, -0.15) is 5.41 Å². The fourth-order valence-corrected chi connectivity index (χ4v) is 1.48. The SMILES string of the molecule is CN(C)c1ccnc(-c2[c-]cc(F)cc2F)c1.[CH-]C(C)(C)C.[Cl][Ir+2]. The molecule has 0 atom stereocenters. The van der Waals surface area contributed by atoms with Crippen molar-refractivity contribution in [2.75, 3.05) is 19.0 Å². The van der Waals surface area contributed by atoms with Crippen molar-refractivity contribution in [3.05, 3.63) is 55.1 Å². The van der Waals surface area contributed by atoms with E-state index < -0.39 is 11.6 Å². The van der Waals surface area contributed by atoms with E-state index in [1.807, 2.05) is 45.8 Å². The van der Waals surface area contributed by atoms with Crippen LogP contribution in [-0.4, -0.2) is 19.1 Å². The Morgan fingerprint density at radius 2 is 1.75 bits per heavy atom. The predicted molar refractivity (Wildman–Crippen MR) is 92.4 cm³/mol.